The van der Waals surface area contributed by atoms with Crippen molar-refractivity contribution in [3.05, 3.63) is 46.5 Å². The van der Waals surface area contributed by atoms with Crippen molar-refractivity contribution < 1.29 is 19.4 Å². The number of amides is 1. The first-order valence-corrected chi connectivity index (χ1v) is 7.46. The second-order valence-corrected chi connectivity index (χ2v) is 5.66. The quantitative estimate of drug-likeness (QED) is 0.859. The van der Waals surface area contributed by atoms with Gasteiger partial charge in [0.15, 0.2) is 5.69 Å². The van der Waals surface area contributed by atoms with E-state index in [9.17, 15) is 14.7 Å². The molecule has 8 heteroatoms. The van der Waals surface area contributed by atoms with Crippen LogP contribution in [0.5, 0.6) is 5.75 Å². The number of hydrogen-bond acceptors (Lipinski definition) is 5. The Balaban J connectivity index is 2.37. The minimum absolute atomic E-state index is 0.0116. The van der Waals surface area contributed by atoms with Gasteiger partial charge in [-0.1, -0.05) is 25.4 Å². The number of halogens is 1. The molecule has 1 aromatic heterocycles. The molecule has 2 rings (SSSR count). The van der Waals surface area contributed by atoms with E-state index in [0.29, 0.717) is 11.6 Å². The van der Waals surface area contributed by atoms with Gasteiger partial charge in [-0.25, -0.2) is 14.8 Å². The predicted molar refractivity (Wildman–Crippen MR) is 89.0 cm³/mol. The van der Waals surface area contributed by atoms with Crippen LogP contribution >= 0.6 is 11.6 Å². The van der Waals surface area contributed by atoms with Gasteiger partial charge in [-0.2, -0.15) is 0 Å². The van der Waals surface area contributed by atoms with Crippen molar-refractivity contribution in [1.82, 2.24) is 9.97 Å². The van der Waals surface area contributed by atoms with Crippen LogP contribution < -0.4 is 10.1 Å². The van der Waals surface area contributed by atoms with Gasteiger partial charge in [-0.15, -0.1) is 0 Å². The maximum absolute atomic E-state index is 12.4. The number of aromatic carboxylic acids is 1. The molecule has 1 heterocycles. The van der Waals surface area contributed by atoms with Gasteiger partial charge >= 0.3 is 5.97 Å². The van der Waals surface area contributed by atoms with E-state index in [-0.39, 0.29) is 27.9 Å². The Morgan fingerprint density at radius 1 is 1.33 bits per heavy atom. The first kappa shape index (κ1) is 17.7. The zero-order valence-corrected chi connectivity index (χ0v) is 14.1. The van der Waals surface area contributed by atoms with Gasteiger partial charge in [-0.05, 0) is 18.2 Å². The highest BCUT2D eigenvalue weighted by molar-refractivity contribution is 6.34. The molecule has 0 spiro atoms. The van der Waals surface area contributed by atoms with Crippen LogP contribution in [-0.4, -0.2) is 34.1 Å². The summed E-state index contributed by atoms with van der Waals surface area (Å²) >= 11 is 5.99. The number of carbonyl (C=O) groups is 2. The lowest BCUT2D eigenvalue weighted by Gasteiger charge is -2.11. The zero-order valence-electron chi connectivity index (χ0n) is 13.3. The minimum atomic E-state index is -1.19. The van der Waals surface area contributed by atoms with E-state index in [0.717, 1.165) is 0 Å². The van der Waals surface area contributed by atoms with Crippen LogP contribution in [0, 0.1) is 0 Å². The van der Waals surface area contributed by atoms with E-state index in [1.54, 1.807) is 6.07 Å². The highest BCUT2D eigenvalue weighted by Crippen LogP contribution is 2.24. The second kappa shape index (κ2) is 7.27. The molecule has 7 nitrogen and oxygen atoms in total. The molecule has 0 atom stereocenters. The number of ether oxygens (including phenoxy) is 1. The van der Waals surface area contributed by atoms with Gasteiger partial charge in [-0.3, -0.25) is 4.79 Å². The highest BCUT2D eigenvalue weighted by Gasteiger charge is 2.19. The Bertz CT molecular complexity index is 793. The number of carboxylic acids is 1. The second-order valence-electron chi connectivity index (χ2n) is 5.25. The Labute approximate surface area is 143 Å². The molecule has 24 heavy (non-hydrogen) atoms. The maximum Gasteiger partial charge on any atom is 0.337 e. The van der Waals surface area contributed by atoms with Gasteiger partial charge in [0.1, 0.15) is 11.6 Å². The fraction of sp³-hybridized carbons (Fsp3) is 0.250. The van der Waals surface area contributed by atoms with Gasteiger partial charge in [0, 0.05) is 5.92 Å². The Morgan fingerprint density at radius 2 is 2.04 bits per heavy atom. The van der Waals surface area contributed by atoms with Crippen LogP contribution in [0.3, 0.4) is 0 Å². The van der Waals surface area contributed by atoms with E-state index in [4.69, 9.17) is 16.3 Å². The first-order chi connectivity index (χ1) is 11.3. The number of anilines is 1. The smallest absolute Gasteiger partial charge is 0.337 e. The summed E-state index contributed by atoms with van der Waals surface area (Å²) in [5, 5.41) is 11.9. The van der Waals surface area contributed by atoms with Crippen molar-refractivity contribution in [3.63, 3.8) is 0 Å². The molecular weight excluding hydrogens is 334 g/mol. The molecule has 0 bridgehead atoms. The molecule has 0 fully saturated rings. The monoisotopic (exact) mass is 349 g/mol. The molecule has 0 saturated heterocycles. The topological polar surface area (TPSA) is 101 Å². The third kappa shape index (κ3) is 3.80. The summed E-state index contributed by atoms with van der Waals surface area (Å²) in [6, 6.07) is 4.31. The molecular formula is C16H16ClN3O4. The van der Waals surface area contributed by atoms with Crippen LogP contribution in [0.4, 0.5) is 5.69 Å². The summed E-state index contributed by atoms with van der Waals surface area (Å²) < 4.78 is 4.99. The third-order valence-electron chi connectivity index (χ3n) is 3.20. The molecule has 2 aromatic rings. The van der Waals surface area contributed by atoms with E-state index in [1.807, 2.05) is 13.8 Å². The highest BCUT2D eigenvalue weighted by atomic mass is 35.5. The summed E-state index contributed by atoms with van der Waals surface area (Å²) in [6.45, 7) is 3.77. The summed E-state index contributed by atoms with van der Waals surface area (Å²) in [5.74, 6) is -0.951. The number of hydrogen-bond donors (Lipinski definition) is 2. The Morgan fingerprint density at radius 3 is 2.62 bits per heavy atom. The lowest BCUT2D eigenvalue weighted by Crippen LogP contribution is -2.18. The van der Waals surface area contributed by atoms with Crippen molar-refractivity contribution in [3.8, 4) is 5.75 Å². The van der Waals surface area contributed by atoms with Crippen LogP contribution in [-0.2, 0) is 0 Å². The van der Waals surface area contributed by atoms with Crippen molar-refractivity contribution in [1.29, 1.82) is 0 Å². The number of nitrogens with one attached hydrogen (secondary N) is 1. The largest absolute Gasteiger partial charge is 0.497 e. The number of rotatable bonds is 5. The Kier molecular flexibility index (Phi) is 5.35. The molecule has 1 amide bonds. The van der Waals surface area contributed by atoms with E-state index in [2.05, 4.69) is 15.3 Å². The SMILES string of the molecule is COc1ccc(NC(=O)c2nc(C(C)C)ncc2Cl)c(C(=O)O)c1. The number of methoxy groups -OCH3 is 1. The first-order valence-electron chi connectivity index (χ1n) is 7.08. The number of nitrogens with zero attached hydrogens (tertiary/aromatic N) is 2. The molecule has 126 valence electrons. The molecule has 0 aliphatic carbocycles. The van der Waals surface area contributed by atoms with E-state index in [1.165, 1.54) is 25.4 Å². The van der Waals surface area contributed by atoms with Crippen LogP contribution in [0.2, 0.25) is 5.02 Å². The van der Waals surface area contributed by atoms with Gasteiger partial charge in [0.25, 0.3) is 5.91 Å². The molecule has 1 aromatic carbocycles. The van der Waals surface area contributed by atoms with Crippen molar-refractivity contribution in [2.75, 3.05) is 12.4 Å². The fourth-order valence-electron chi connectivity index (χ4n) is 1.94. The molecule has 2 N–H and O–H groups in total. The van der Waals surface area contributed by atoms with Gasteiger partial charge in [0.2, 0.25) is 0 Å². The molecule has 0 aliphatic rings. The number of benzene rings is 1. The number of carboxylic acid groups (broad SMARTS) is 1. The Hall–Kier alpha value is -2.67. The summed E-state index contributed by atoms with van der Waals surface area (Å²) in [6.07, 6.45) is 1.35. The molecule has 0 aliphatic heterocycles. The average Bonchev–Trinajstić information content (AvgIpc) is 2.55. The van der Waals surface area contributed by atoms with Crippen molar-refractivity contribution in [2.45, 2.75) is 19.8 Å². The lowest BCUT2D eigenvalue weighted by molar-refractivity contribution is 0.0697. The predicted octanol–water partition coefficient (Wildman–Crippen LogP) is 3.21. The van der Waals surface area contributed by atoms with Crippen LogP contribution in [0.25, 0.3) is 0 Å². The maximum atomic E-state index is 12.4. The summed E-state index contributed by atoms with van der Waals surface area (Å²) in [4.78, 5) is 32.0. The van der Waals surface area contributed by atoms with Gasteiger partial charge in [0.05, 0.1) is 29.6 Å². The van der Waals surface area contributed by atoms with E-state index < -0.39 is 11.9 Å². The lowest BCUT2D eigenvalue weighted by atomic mass is 10.1. The summed E-state index contributed by atoms with van der Waals surface area (Å²) in [5.41, 5.74) is 0.00793. The van der Waals surface area contributed by atoms with Gasteiger partial charge < -0.3 is 15.2 Å². The third-order valence-corrected chi connectivity index (χ3v) is 3.48. The molecule has 0 unspecified atom stereocenters. The normalized spacial score (nSPS) is 10.5. The minimum Gasteiger partial charge on any atom is -0.497 e. The summed E-state index contributed by atoms with van der Waals surface area (Å²) in [7, 11) is 1.42. The average molecular weight is 350 g/mol. The van der Waals surface area contributed by atoms with E-state index >= 15 is 0 Å². The molecule has 0 radical (unpaired) electrons. The standard InChI is InChI=1S/C16H16ClN3O4/c1-8(2)14-18-7-11(17)13(20-14)15(21)19-12-5-4-9(24-3)6-10(12)16(22)23/h4-8H,1-3H3,(H,19,21)(H,22,23). The number of carbonyl (C=O) groups excluding carboxylic acids is 1. The fourth-order valence-corrected chi connectivity index (χ4v) is 2.11. The number of aromatic nitrogens is 2. The van der Waals surface area contributed by atoms with Crippen LogP contribution in [0.15, 0.2) is 24.4 Å². The molecule has 0 saturated carbocycles. The van der Waals surface area contributed by atoms with Crippen molar-refractivity contribution in [2.24, 2.45) is 0 Å². The zero-order chi connectivity index (χ0) is 17.9. The van der Waals surface area contributed by atoms with Crippen molar-refractivity contribution >= 4 is 29.2 Å². The van der Waals surface area contributed by atoms with Crippen LogP contribution in [0.1, 0.15) is 46.4 Å².